The van der Waals surface area contributed by atoms with Gasteiger partial charge in [0, 0.05) is 6.20 Å². The molecule has 0 unspecified atom stereocenters. The summed E-state index contributed by atoms with van der Waals surface area (Å²) in [7, 11) is 0. The van der Waals surface area contributed by atoms with Crippen molar-refractivity contribution in [2.24, 2.45) is 0 Å². The van der Waals surface area contributed by atoms with E-state index in [1.165, 1.54) is 0 Å². The summed E-state index contributed by atoms with van der Waals surface area (Å²) in [5, 5.41) is 8.76. The van der Waals surface area contributed by atoms with Gasteiger partial charge in [0.1, 0.15) is 10.3 Å². The van der Waals surface area contributed by atoms with E-state index < -0.39 is 5.97 Å². The zero-order valence-corrected chi connectivity index (χ0v) is 8.52. The standard InChI is InChI=1S/C8H5BrN2O2.H2O/c9-7-6(8(12)13)10-5-3-1-2-4-11(5)7;/h1-4H,(H,12,13);1H2. The second kappa shape index (κ2) is 3.77. The third-order valence-corrected chi connectivity index (χ3v) is 2.43. The minimum atomic E-state index is -1.03. The van der Waals surface area contributed by atoms with Gasteiger partial charge in [-0.05, 0) is 28.1 Å². The first-order valence-corrected chi connectivity index (χ1v) is 4.35. The van der Waals surface area contributed by atoms with E-state index in [-0.39, 0.29) is 11.2 Å². The van der Waals surface area contributed by atoms with Crippen LogP contribution < -0.4 is 0 Å². The molecule has 2 aromatic rings. The quantitative estimate of drug-likeness (QED) is 0.827. The molecule has 0 spiro atoms. The smallest absolute Gasteiger partial charge is 0.357 e. The molecule has 5 nitrogen and oxygen atoms in total. The van der Waals surface area contributed by atoms with Gasteiger partial charge in [-0.25, -0.2) is 9.78 Å². The average Bonchev–Trinajstić information content (AvgIpc) is 2.45. The lowest BCUT2D eigenvalue weighted by atomic mass is 10.5. The second-order valence-corrected chi connectivity index (χ2v) is 3.24. The lowest BCUT2D eigenvalue weighted by Crippen LogP contribution is -1.97. The minimum Gasteiger partial charge on any atom is -0.476 e. The molecular formula is C8H7BrN2O3. The highest BCUT2D eigenvalue weighted by Crippen LogP contribution is 2.18. The Morgan fingerprint density at radius 3 is 2.79 bits per heavy atom. The van der Waals surface area contributed by atoms with Crippen LogP contribution in [0.5, 0.6) is 0 Å². The summed E-state index contributed by atoms with van der Waals surface area (Å²) in [6.07, 6.45) is 1.75. The number of rotatable bonds is 1. The molecule has 14 heavy (non-hydrogen) atoms. The summed E-state index contributed by atoms with van der Waals surface area (Å²) < 4.78 is 2.14. The fraction of sp³-hybridized carbons (Fsp3) is 0. The van der Waals surface area contributed by atoms with Crippen molar-refractivity contribution in [3.05, 3.63) is 34.7 Å². The van der Waals surface area contributed by atoms with Crippen LogP contribution in [0.1, 0.15) is 10.5 Å². The fourth-order valence-electron chi connectivity index (χ4n) is 1.10. The zero-order chi connectivity index (χ0) is 9.42. The van der Waals surface area contributed by atoms with Crippen molar-refractivity contribution >= 4 is 27.5 Å². The van der Waals surface area contributed by atoms with E-state index in [9.17, 15) is 4.79 Å². The molecule has 0 bridgehead atoms. The van der Waals surface area contributed by atoms with Gasteiger partial charge in [0.15, 0.2) is 5.69 Å². The van der Waals surface area contributed by atoms with Crippen LogP contribution in [0.3, 0.4) is 0 Å². The number of carbonyl (C=O) groups is 1. The van der Waals surface area contributed by atoms with E-state index in [0.717, 1.165) is 0 Å². The number of imidazole rings is 1. The molecule has 74 valence electrons. The highest BCUT2D eigenvalue weighted by Gasteiger charge is 2.14. The highest BCUT2D eigenvalue weighted by atomic mass is 79.9. The molecular weight excluding hydrogens is 252 g/mol. The molecule has 0 radical (unpaired) electrons. The lowest BCUT2D eigenvalue weighted by molar-refractivity contribution is 0.0690. The lowest BCUT2D eigenvalue weighted by Gasteiger charge is -1.91. The van der Waals surface area contributed by atoms with Gasteiger partial charge in [0.2, 0.25) is 0 Å². The van der Waals surface area contributed by atoms with Crippen LogP contribution in [-0.4, -0.2) is 25.9 Å². The Morgan fingerprint density at radius 2 is 2.21 bits per heavy atom. The van der Waals surface area contributed by atoms with E-state index in [2.05, 4.69) is 20.9 Å². The Morgan fingerprint density at radius 1 is 1.50 bits per heavy atom. The van der Waals surface area contributed by atoms with Crippen molar-refractivity contribution in [1.82, 2.24) is 9.38 Å². The molecule has 0 aliphatic heterocycles. The number of carboxylic acid groups (broad SMARTS) is 1. The number of hydrogen-bond acceptors (Lipinski definition) is 2. The normalized spacial score (nSPS) is 9.79. The van der Waals surface area contributed by atoms with E-state index in [0.29, 0.717) is 10.3 Å². The van der Waals surface area contributed by atoms with Crippen LogP contribution in [0.25, 0.3) is 5.65 Å². The van der Waals surface area contributed by atoms with Crippen molar-refractivity contribution in [2.75, 3.05) is 0 Å². The number of pyridine rings is 1. The first-order chi connectivity index (χ1) is 6.20. The monoisotopic (exact) mass is 258 g/mol. The van der Waals surface area contributed by atoms with Gasteiger partial charge in [-0.1, -0.05) is 6.07 Å². The number of aromatic carboxylic acids is 1. The number of aromatic nitrogens is 2. The van der Waals surface area contributed by atoms with E-state index in [4.69, 9.17) is 5.11 Å². The van der Waals surface area contributed by atoms with Gasteiger partial charge in [0.05, 0.1) is 0 Å². The Bertz CT molecular complexity index is 480. The molecule has 0 aromatic carbocycles. The highest BCUT2D eigenvalue weighted by molar-refractivity contribution is 9.10. The predicted molar refractivity (Wildman–Crippen MR) is 53.5 cm³/mol. The fourth-order valence-corrected chi connectivity index (χ4v) is 1.66. The maximum Gasteiger partial charge on any atom is 0.357 e. The molecule has 3 N–H and O–H groups in total. The Labute approximate surface area is 87.4 Å². The number of carboxylic acids is 1. The number of fused-ring (bicyclic) bond motifs is 1. The van der Waals surface area contributed by atoms with Crippen LogP contribution >= 0.6 is 15.9 Å². The Hall–Kier alpha value is -1.40. The summed E-state index contributed by atoms with van der Waals surface area (Å²) in [6, 6.07) is 5.36. The summed E-state index contributed by atoms with van der Waals surface area (Å²) in [6.45, 7) is 0. The molecule has 0 aliphatic rings. The third-order valence-electron chi connectivity index (χ3n) is 1.67. The largest absolute Gasteiger partial charge is 0.476 e. The van der Waals surface area contributed by atoms with E-state index in [1.807, 2.05) is 6.07 Å². The van der Waals surface area contributed by atoms with Crippen molar-refractivity contribution in [2.45, 2.75) is 0 Å². The topological polar surface area (TPSA) is 86.1 Å². The molecule has 0 aliphatic carbocycles. The molecule has 2 aromatic heterocycles. The van der Waals surface area contributed by atoms with Crippen molar-refractivity contribution in [1.29, 1.82) is 0 Å². The van der Waals surface area contributed by atoms with Gasteiger partial charge >= 0.3 is 5.97 Å². The first-order valence-electron chi connectivity index (χ1n) is 3.56. The molecule has 0 fully saturated rings. The van der Waals surface area contributed by atoms with Gasteiger partial charge in [-0.3, -0.25) is 4.40 Å². The first kappa shape index (κ1) is 10.7. The summed E-state index contributed by atoms with van der Waals surface area (Å²) in [5.41, 5.74) is 0.651. The van der Waals surface area contributed by atoms with Gasteiger partial charge < -0.3 is 10.6 Å². The molecule has 0 saturated heterocycles. The summed E-state index contributed by atoms with van der Waals surface area (Å²) >= 11 is 3.17. The van der Waals surface area contributed by atoms with Crippen molar-refractivity contribution in [3.8, 4) is 0 Å². The maximum atomic E-state index is 10.7. The number of nitrogens with zero attached hydrogens (tertiary/aromatic N) is 2. The van der Waals surface area contributed by atoms with Gasteiger partial charge in [0.25, 0.3) is 0 Å². The second-order valence-electron chi connectivity index (χ2n) is 2.49. The third kappa shape index (κ3) is 1.49. The van der Waals surface area contributed by atoms with Crippen LogP contribution in [0.4, 0.5) is 0 Å². The molecule has 0 atom stereocenters. The van der Waals surface area contributed by atoms with Crippen LogP contribution in [0.15, 0.2) is 29.0 Å². The Kier molecular flexibility index (Phi) is 2.87. The SMILES string of the molecule is O.O=C(O)c1nc2ccccn2c1Br. The molecule has 6 heteroatoms. The molecule has 2 heterocycles. The van der Waals surface area contributed by atoms with E-state index in [1.54, 1.807) is 22.7 Å². The molecule has 2 rings (SSSR count). The van der Waals surface area contributed by atoms with Gasteiger partial charge in [-0.15, -0.1) is 0 Å². The molecule has 0 amide bonds. The average molecular weight is 259 g/mol. The summed E-state index contributed by atoms with van der Waals surface area (Å²) in [5.74, 6) is -1.03. The predicted octanol–water partition coefficient (Wildman–Crippen LogP) is 0.970. The minimum absolute atomic E-state index is 0. The number of halogens is 1. The van der Waals surface area contributed by atoms with Crippen molar-refractivity contribution in [3.63, 3.8) is 0 Å². The van der Waals surface area contributed by atoms with Crippen LogP contribution in [0, 0.1) is 0 Å². The Balaban J connectivity index is 0.000000980. The number of hydrogen-bond donors (Lipinski definition) is 1. The summed E-state index contributed by atoms with van der Waals surface area (Å²) in [4.78, 5) is 14.6. The van der Waals surface area contributed by atoms with E-state index >= 15 is 0 Å². The van der Waals surface area contributed by atoms with Crippen LogP contribution in [0.2, 0.25) is 0 Å². The van der Waals surface area contributed by atoms with Crippen molar-refractivity contribution < 1.29 is 15.4 Å². The maximum absolute atomic E-state index is 10.7. The zero-order valence-electron chi connectivity index (χ0n) is 6.94. The molecule has 0 saturated carbocycles. The van der Waals surface area contributed by atoms with Gasteiger partial charge in [-0.2, -0.15) is 0 Å². The van der Waals surface area contributed by atoms with Crippen LogP contribution in [-0.2, 0) is 0 Å².